The van der Waals surface area contributed by atoms with Gasteiger partial charge in [-0.3, -0.25) is 19.7 Å². The molecule has 1 aliphatic carbocycles. The van der Waals surface area contributed by atoms with Gasteiger partial charge < -0.3 is 23.8 Å². The van der Waals surface area contributed by atoms with Crippen molar-refractivity contribution in [3.05, 3.63) is 82.9 Å². The second kappa shape index (κ2) is 14.3. The number of carbonyl (C=O) groups is 4. The number of Topliss-reactive ketones (excluding diaryl/α,β-unsaturated/α-hetero) is 2. The maximum atomic E-state index is 13.9. The molecule has 2 aliphatic heterocycles. The van der Waals surface area contributed by atoms with Crippen LogP contribution in [0.3, 0.4) is 0 Å². The van der Waals surface area contributed by atoms with E-state index in [4.69, 9.17) is 18.9 Å². The Labute approximate surface area is 269 Å². The third-order valence-electron chi connectivity index (χ3n) is 8.45. The second-order valence-electron chi connectivity index (χ2n) is 11.8. The number of rotatable bonds is 8. The summed E-state index contributed by atoms with van der Waals surface area (Å²) in [5, 5.41) is 2.62. The first-order valence-corrected chi connectivity index (χ1v) is 15.7. The zero-order chi connectivity index (χ0) is 32.9. The Hall–Kier alpha value is -4.84. The molecule has 6 rings (SSSR count). The van der Waals surface area contributed by atoms with Crippen LogP contribution < -0.4 is 14.8 Å². The molecule has 246 valence electrons. The van der Waals surface area contributed by atoms with Crippen molar-refractivity contribution in [1.29, 1.82) is 0 Å². The average Bonchev–Trinajstić information content (AvgIpc) is 3.39. The van der Waals surface area contributed by atoms with Gasteiger partial charge in [0, 0.05) is 49.7 Å². The number of nitrogens with zero attached hydrogens (tertiary/aromatic N) is 1. The van der Waals surface area contributed by atoms with Crippen molar-refractivity contribution >= 4 is 29.3 Å². The first-order chi connectivity index (χ1) is 22.7. The standard InChI is InChI=1S/C35H34F2N2O8/c36-28-14-13-26(17-29(28)37)46-25-11-8-23(9-12-25)38-35(43)45-19-22-7-6-21-18-39(30-15-10-24(40)3-1-5-31(30)41)34(42)32(21)33(22)47-27-4-2-16-44-20-27/h6-9,11-14,17,27,30H,1-5,10,15-16,18-20H2,(H,38,43)/t27-,30?/m1/s1. The summed E-state index contributed by atoms with van der Waals surface area (Å²) in [6.07, 6.45) is 2.10. The molecule has 2 atom stereocenters. The Bertz CT molecular complexity index is 1670. The molecule has 2 amide bonds. The molecular formula is C35H34F2N2O8. The SMILES string of the molecule is O=C1CCCC(=O)C(N2Cc3ccc(COC(=O)Nc4ccc(Oc5ccc(F)c(F)c5)cc4)c(O[C@@H]4CCCOC4)c3C2=O)CC1. The summed E-state index contributed by atoms with van der Waals surface area (Å²) in [5.74, 6) is -1.57. The van der Waals surface area contributed by atoms with Gasteiger partial charge >= 0.3 is 6.09 Å². The van der Waals surface area contributed by atoms with Crippen LogP contribution in [0.1, 0.15) is 66.4 Å². The van der Waals surface area contributed by atoms with Gasteiger partial charge in [0.15, 0.2) is 17.4 Å². The van der Waals surface area contributed by atoms with Gasteiger partial charge in [0.05, 0.1) is 18.2 Å². The lowest BCUT2D eigenvalue weighted by atomic mass is 9.94. The molecule has 2 heterocycles. The van der Waals surface area contributed by atoms with Crippen LogP contribution in [-0.2, 0) is 32.2 Å². The van der Waals surface area contributed by atoms with Crippen LogP contribution in [0.2, 0.25) is 0 Å². The molecule has 0 aromatic heterocycles. The van der Waals surface area contributed by atoms with Gasteiger partial charge in [0.25, 0.3) is 5.91 Å². The van der Waals surface area contributed by atoms with Gasteiger partial charge in [-0.15, -0.1) is 0 Å². The van der Waals surface area contributed by atoms with Gasteiger partial charge in [-0.1, -0.05) is 12.1 Å². The summed E-state index contributed by atoms with van der Waals surface area (Å²) >= 11 is 0. The fraction of sp³-hybridized carbons (Fsp3) is 0.371. The summed E-state index contributed by atoms with van der Waals surface area (Å²) < 4.78 is 49.7. The highest BCUT2D eigenvalue weighted by Gasteiger charge is 2.40. The van der Waals surface area contributed by atoms with E-state index >= 15 is 0 Å². The molecule has 10 nitrogen and oxygen atoms in total. The molecule has 12 heteroatoms. The van der Waals surface area contributed by atoms with Crippen molar-refractivity contribution in [2.24, 2.45) is 0 Å². The van der Waals surface area contributed by atoms with Crippen molar-refractivity contribution in [1.82, 2.24) is 4.90 Å². The van der Waals surface area contributed by atoms with E-state index < -0.39 is 23.8 Å². The number of ketones is 2. The van der Waals surface area contributed by atoms with E-state index in [-0.39, 0.29) is 61.7 Å². The van der Waals surface area contributed by atoms with E-state index in [1.165, 1.54) is 11.0 Å². The molecule has 1 N–H and O–H groups in total. The van der Waals surface area contributed by atoms with Crippen LogP contribution in [0, 0.1) is 11.6 Å². The predicted octanol–water partition coefficient (Wildman–Crippen LogP) is 6.49. The first kappa shape index (κ1) is 32.1. The Morgan fingerprint density at radius 1 is 0.915 bits per heavy atom. The van der Waals surface area contributed by atoms with Crippen molar-refractivity contribution in [2.45, 2.75) is 70.2 Å². The molecule has 0 bridgehead atoms. The van der Waals surface area contributed by atoms with Crippen LogP contribution >= 0.6 is 0 Å². The van der Waals surface area contributed by atoms with E-state index in [1.807, 2.05) is 0 Å². The highest BCUT2D eigenvalue weighted by atomic mass is 19.2. The monoisotopic (exact) mass is 648 g/mol. The zero-order valence-corrected chi connectivity index (χ0v) is 25.6. The fourth-order valence-corrected chi connectivity index (χ4v) is 6.02. The number of halogens is 2. The molecule has 1 unspecified atom stereocenters. The predicted molar refractivity (Wildman–Crippen MR) is 164 cm³/mol. The Kier molecular flexibility index (Phi) is 9.76. The lowest BCUT2D eigenvalue weighted by molar-refractivity contribution is -0.126. The maximum absolute atomic E-state index is 13.9. The van der Waals surface area contributed by atoms with Gasteiger partial charge in [0.1, 0.15) is 35.7 Å². The third-order valence-corrected chi connectivity index (χ3v) is 8.45. The molecule has 3 aromatic rings. The van der Waals surface area contributed by atoms with E-state index in [9.17, 15) is 28.0 Å². The largest absolute Gasteiger partial charge is 0.487 e. The molecule has 0 radical (unpaired) electrons. The highest BCUT2D eigenvalue weighted by Crippen LogP contribution is 2.38. The number of hydrogen-bond donors (Lipinski definition) is 1. The fourth-order valence-electron chi connectivity index (χ4n) is 6.02. The second-order valence-corrected chi connectivity index (χ2v) is 11.8. The number of nitrogens with one attached hydrogen (secondary N) is 1. The van der Waals surface area contributed by atoms with Gasteiger partial charge in [-0.25, -0.2) is 13.6 Å². The van der Waals surface area contributed by atoms with E-state index in [1.54, 1.807) is 36.4 Å². The van der Waals surface area contributed by atoms with Crippen molar-refractivity contribution in [3.63, 3.8) is 0 Å². The number of carbonyl (C=O) groups excluding carboxylic acids is 4. The van der Waals surface area contributed by atoms with E-state index in [0.29, 0.717) is 59.9 Å². The zero-order valence-electron chi connectivity index (χ0n) is 25.6. The third kappa shape index (κ3) is 7.60. The minimum absolute atomic E-state index is 0.0500. The minimum atomic E-state index is -1.03. The number of benzene rings is 3. The lowest BCUT2D eigenvalue weighted by Gasteiger charge is -2.28. The molecule has 3 aromatic carbocycles. The Morgan fingerprint density at radius 3 is 2.49 bits per heavy atom. The lowest BCUT2D eigenvalue weighted by Crippen LogP contribution is -2.42. The normalized spacial score (nSPS) is 19.9. The molecule has 3 aliphatic rings. The topological polar surface area (TPSA) is 120 Å². The summed E-state index contributed by atoms with van der Waals surface area (Å²) in [6.45, 7) is 0.981. The van der Waals surface area contributed by atoms with Crippen LogP contribution in [0.4, 0.5) is 19.3 Å². The van der Waals surface area contributed by atoms with Crippen molar-refractivity contribution < 1.29 is 46.9 Å². The molecule has 1 saturated heterocycles. The Balaban J connectivity index is 1.15. The number of ether oxygens (including phenoxy) is 4. The number of amides is 2. The Morgan fingerprint density at radius 2 is 1.72 bits per heavy atom. The van der Waals surface area contributed by atoms with Gasteiger partial charge in [-0.2, -0.15) is 0 Å². The summed E-state index contributed by atoms with van der Waals surface area (Å²) in [4.78, 5) is 53.4. The quantitative estimate of drug-likeness (QED) is 0.294. The molecule has 1 saturated carbocycles. The van der Waals surface area contributed by atoms with Crippen molar-refractivity contribution in [3.8, 4) is 17.2 Å². The summed E-state index contributed by atoms with van der Waals surface area (Å²) in [6, 6.07) is 12.2. The van der Waals surface area contributed by atoms with Crippen LogP contribution in [0.5, 0.6) is 17.2 Å². The van der Waals surface area contributed by atoms with Gasteiger partial charge in [-0.05, 0) is 67.6 Å². The van der Waals surface area contributed by atoms with E-state index in [0.717, 1.165) is 25.0 Å². The molecule has 47 heavy (non-hydrogen) atoms. The van der Waals surface area contributed by atoms with Crippen LogP contribution in [-0.4, -0.2) is 53.8 Å². The number of fused-ring (bicyclic) bond motifs is 1. The minimum Gasteiger partial charge on any atom is -0.487 e. The summed E-state index contributed by atoms with van der Waals surface area (Å²) in [7, 11) is 0. The highest BCUT2D eigenvalue weighted by molar-refractivity contribution is 6.04. The molecular weight excluding hydrogens is 614 g/mol. The van der Waals surface area contributed by atoms with Crippen LogP contribution in [0.15, 0.2) is 54.6 Å². The first-order valence-electron chi connectivity index (χ1n) is 15.7. The average molecular weight is 649 g/mol. The van der Waals surface area contributed by atoms with Gasteiger partial charge in [0.2, 0.25) is 0 Å². The van der Waals surface area contributed by atoms with Crippen LogP contribution in [0.25, 0.3) is 0 Å². The molecule has 0 spiro atoms. The number of anilines is 1. The summed E-state index contributed by atoms with van der Waals surface area (Å²) in [5.41, 5.74) is 1.90. The van der Waals surface area contributed by atoms with E-state index in [2.05, 4.69) is 5.32 Å². The maximum Gasteiger partial charge on any atom is 0.411 e. The smallest absolute Gasteiger partial charge is 0.411 e. The van der Waals surface area contributed by atoms with Crippen molar-refractivity contribution in [2.75, 3.05) is 18.5 Å². The molecule has 2 fully saturated rings. The number of hydrogen-bond acceptors (Lipinski definition) is 8.